The Kier molecular flexibility index (Phi) is 4.91. The molecular weight excluding hydrogens is 406 g/mol. The van der Waals surface area contributed by atoms with Gasteiger partial charge in [0.05, 0.1) is 45.7 Å². The van der Waals surface area contributed by atoms with Crippen LogP contribution in [0.4, 0.5) is 5.13 Å². The number of rotatable bonds is 5. The predicted octanol–water partition coefficient (Wildman–Crippen LogP) is 4.74. The van der Waals surface area contributed by atoms with Crippen LogP contribution in [0.3, 0.4) is 0 Å². The normalized spacial score (nSPS) is 16.5. The molecule has 1 amide bonds. The molecule has 5 rings (SSSR count). The summed E-state index contributed by atoms with van der Waals surface area (Å²) in [4.78, 5) is 24.3. The van der Waals surface area contributed by atoms with Crippen LogP contribution in [-0.4, -0.2) is 42.2 Å². The maximum Gasteiger partial charge on any atom is 0.260 e. The van der Waals surface area contributed by atoms with Gasteiger partial charge in [0.1, 0.15) is 5.75 Å². The van der Waals surface area contributed by atoms with Gasteiger partial charge in [0.2, 0.25) is 0 Å². The molecule has 148 valence electrons. The molecule has 29 heavy (non-hydrogen) atoms. The topological polar surface area (TPSA) is 64.6 Å². The standard InChI is InChI=1S/C21H19N3O3S2/c1-26-14-5-7-17-19(10-14)29-21(23-17)24(11-15-3-2-8-27-15)20(25)13-4-6-16-18(9-13)28-12-22-16/h4-7,9-10,12,15H,2-3,8,11H2,1H3. The molecular formula is C21H19N3O3S2. The molecule has 1 saturated heterocycles. The Labute approximate surface area is 175 Å². The summed E-state index contributed by atoms with van der Waals surface area (Å²) in [7, 11) is 1.64. The van der Waals surface area contributed by atoms with Crippen molar-refractivity contribution in [3.05, 3.63) is 47.5 Å². The Morgan fingerprint density at radius 1 is 1.24 bits per heavy atom. The van der Waals surface area contributed by atoms with Gasteiger partial charge < -0.3 is 9.47 Å². The molecule has 8 heteroatoms. The van der Waals surface area contributed by atoms with Gasteiger partial charge in [-0.25, -0.2) is 9.97 Å². The van der Waals surface area contributed by atoms with Gasteiger partial charge in [-0.05, 0) is 49.2 Å². The number of carbonyl (C=O) groups excluding carboxylic acids is 1. The largest absolute Gasteiger partial charge is 0.497 e. The third-order valence-electron chi connectivity index (χ3n) is 5.05. The number of ether oxygens (including phenoxy) is 2. The second-order valence-electron chi connectivity index (χ2n) is 6.92. The number of hydrogen-bond donors (Lipinski definition) is 0. The molecule has 1 fully saturated rings. The molecule has 4 aromatic rings. The van der Waals surface area contributed by atoms with Crippen LogP contribution >= 0.6 is 22.7 Å². The van der Waals surface area contributed by atoms with Crippen molar-refractivity contribution in [3.8, 4) is 5.75 Å². The zero-order valence-corrected chi connectivity index (χ0v) is 17.5. The van der Waals surface area contributed by atoms with Crippen LogP contribution in [0.1, 0.15) is 23.2 Å². The van der Waals surface area contributed by atoms with Crippen molar-refractivity contribution in [2.75, 3.05) is 25.2 Å². The van der Waals surface area contributed by atoms with Crippen LogP contribution in [0.25, 0.3) is 20.4 Å². The summed E-state index contributed by atoms with van der Waals surface area (Å²) in [6.07, 6.45) is 2.01. The van der Waals surface area contributed by atoms with Gasteiger partial charge in [-0.1, -0.05) is 11.3 Å². The first-order chi connectivity index (χ1) is 14.2. The Hall–Kier alpha value is -2.55. The minimum absolute atomic E-state index is 0.0348. The summed E-state index contributed by atoms with van der Waals surface area (Å²) in [5.41, 5.74) is 4.19. The van der Waals surface area contributed by atoms with Crippen molar-refractivity contribution in [1.29, 1.82) is 0 Å². The lowest BCUT2D eigenvalue weighted by Crippen LogP contribution is -2.37. The number of thiazole rings is 2. The van der Waals surface area contributed by atoms with Crippen molar-refractivity contribution in [2.24, 2.45) is 0 Å². The summed E-state index contributed by atoms with van der Waals surface area (Å²) >= 11 is 3.03. The number of nitrogens with zero attached hydrogens (tertiary/aromatic N) is 3. The lowest BCUT2D eigenvalue weighted by molar-refractivity contribution is 0.0917. The summed E-state index contributed by atoms with van der Waals surface area (Å²) in [5.74, 6) is 0.710. The van der Waals surface area contributed by atoms with Gasteiger partial charge >= 0.3 is 0 Å². The van der Waals surface area contributed by atoms with E-state index in [1.165, 1.54) is 22.7 Å². The highest BCUT2D eigenvalue weighted by Crippen LogP contribution is 2.33. The fourth-order valence-corrected chi connectivity index (χ4v) is 5.24. The number of fused-ring (bicyclic) bond motifs is 2. The van der Waals surface area contributed by atoms with Crippen LogP contribution < -0.4 is 9.64 Å². The maximum atomic E-state index is 13.5. The van der Waals surface area contributed by atoms with E-state index in [4.69, 9.17) is 14.5 Å². The van der Waals surface area contributed by atoms with Crippen LogP contribution in [0.2, 0.25) is 0 Å². The fraction of sp³-hybridized carbons (Fsp3) is 0.286. The van der Waals surface area contributed by atoms with Crippen LogP contribution in [0.15, 0.2) is 41.9 Å². The number of anilines is 1. The SMILES string of the molecule is COc1ccc2nc(N(CC3CCCO3)C(=O)c3ccc4ncsc4c3)sc2c1. The van der Waals surface area contributed by atoms with E-state index < -0.39 is 0 Å². The van der Waals surface area contributed by atoms with Crippen molar-refractivity contribution in [1.82, 2.24) is 9.97 Å². The minimum Gasteiger partial charge on any atom is -0.497 e. The summed E-state index contributed by atoms with van der Waals surface area (Å²) in [6, 6.07) is 11.4. The fourth-order valence-electron chi connectivity index (χ4n) is 3.52. The molecule has 2 aromatic carbocycles. The first-order valence-corrected chi connectivity index (χ1v) is 11.1. The van der Waals surface area contributed by atoms with Gasteiger partial charge in [0.25, 0.3) is 5.91 Å². The monoisotopic (exact) mass is 425 g/mol. The molecule has 0 bridgehead atoms. The van der Waals surface area contributed by atoms with Gasteiger partial charge in [0, 0.05) is 12.2 Å². The van der Waals surface area contributed by atoms with Gasteiger partial charge in [0.15, 0.2) is 5.13 Å². The Bertz CT molecular complexity index is 1180. The second kappa shape index (κ2) is 7.70. The zero-order valence-electron chi connectivity index (χ0n) is 15.8. The van der Waals surface area contributed by atoms with E-state index in [2.05, 4.69) is 4.98 Å². The highest BCUT2D eigenvalue weighted by molar-refractivity contribution is 7.22. The van der Waals surface area contributed by atoms with Crippen molar-refractivity contribution in [2.45, 2.75) is 18.9 Å². The smallest absolute Gasteiger partial charge is 0.260 e. The summed E-state index contributed by atoms with van der Waals surface area (Å²) in [6.45, 7) is 1.24. The number of methoxy groups -OCH3 is 1. The number of benzene rings is 2. The summed E-state index contributed by atoms with van der Waals surface area (Å²) in [5, 5.41) is 0.679. The van der Waals surface area contributed by atoms with E-state index in [0.717, 1.165) is 45.6 Å². The molecule has 0 N–H and O–H groups in total. The molecule has 2 aromatic heterocycles. The average molecular weight is 426 g/mol. The van der Waals surface area contributed by atoms with Crippen molar-refractivity contribution >= 4 is 54.1 Å². The van der Waals surface area contributed by atoms with Gasteiger partial charge in [-0.3, -0.25) is 9.69 Å². The number of aromatic nitrogens is 2. The van der Waals surface area contributed by atoms with E-state index in [-0.39, 0.29) is 12.0 Å². The number of amides is 1. The molecule has 1 aliphatic heterocycles. The molecule has 1 atom stereocenters. The lowest BCUT2D eigenvalue weighted by Gasteiger charge is -2.23. The van der Waals surface area contributed by atoms with Crippen molar-refractivity contribution < 1.29 is 14.3 Å². The van der Waals surface area contributed by atoms with E-state index >= 15 is 0 Å². The Balaban J connectivity index is 1.53. The molecule has 6 nitrogen and oxygen atoms in total. The molecule has 0 radical (unpaired) electrons. The third-order valence-corrected chi connectivity index (χ3v) is 6.88. The lowest BCUT2D eigenvalue weighted by atomic mass is 10.1. The number of hydrogen-bond acceptors (Lipinski definition) is 7. The van der Waals surface area contributed by atoms with Gasteiger partial charge in [-0.2, -0.15) is 0 Å². The molecule has 0 spiro atoms. The third kappa shape index (κ3) is 3.59. The van der Waals surface area contributed by atoms with E-state index in [1.807, 2.05) is 36.4 Å². The van der Waals surface area contributed by atoms with E-state index in [9.17, 15) is 4.79 Å². The van der Waals surface area contributed by atoms with Crippen LogP contribution in [-0.2, 0) is 4.74 Å². The predicted molar refractivity (Wildman–Crippen MR) is 116 cm³/mol. The Morgan fingerprint density at radius 2 is 2.14 bits per heavy atom. The molecule has 3 heterocycles. The zero-order chi connectivity index (χ0) is 19.8. The van der Waals surface area contributed by atoms with E-state index in [0.29, 0.717) is 17.2 Å². The number of carbonyl (C=O) groups is 1. The molecule has 0 aliphatic carbocycles. The molecule has 1 unspecified atom stereocenters. The first kappa shape index (κ1) is 18.5. The van der Waals surface area contributed by atoms with E-state index in [1.54, 1.807) is 17.5 Å². The second-order valence-corrected chi connectivity index (χ2v) is 8.81. The van der Waals surface area contributed by atoms with Gasteiger partial charge in [-0.15, -0.1) is 11.3 Å². The molecule has 1 aliphatic rings. The van der Waals surface area contributed by atoms with Crippen LogP contribution in [0.5, 0.6) is 5.75 Å². The quantitative estimate of drug-likeness (QED) is 0.462. The maximum absolute atomic E-state index is 13.5. The molecule has 0 saturated carbocycles. The Morgan fingerprint density at radius 3 is 2.97 bits per heavy atom. The summed E-state index contributed by atoms with van der Waals surface area (Å²) < 4.78 is 13.1. The minimum atomic E-state index is -0.0678. The highest BCUT2D eigenvalue weighted by atomic mass is 32.1. The first-order valence-electron chi connectivity index (χ1n) is 9.42. The van der Waals surface area contributed by atoms with Crippen molar-refractivity contribution in [3.63, 3.8) is 0 Å². The van der Waals surface area contributed by atoms with Crippen LogP contribution in [0, 0.1) is 0 Å². The average Bonchev–Trinajstić information content (AvgIpc) is 3.50. The highest BCUT2D eigenvalue weighted by Gasteiger charge is 2.27.